The molecule has 0 aliphatic rings. The minimum atomic E-state index is -3.80. The molecule has 9 nitrogen and oxygen atoms in total. The van der Waals surface area contributed by atoms with E-state index in [9.17, 15) is 12.6 Å². The maximum absolute atomic E-state index is 13.7. The van der Waals surface area contributed by atoms with Gasteiger partial charge in [0.1, 0.15) is 5.01 Å². The largest absolute Gasteiger partial charge is 0.422 e. The number of rotatable bonds is 11. The normalized spacial score (nSPS) is 13.5. The molecule has 0 radical (unpaired) electrons. The summed E-state index contributed by atoms with van der Waals surface area (Å²) < 4.78 is 56.1. The highest BCUT2D eigenvalue weighted by Gasteiger charge is 2.36. The minimum absolute atomic E-state index is 0.000592. The van der Waals surface area contributed by atoms with Crippen LogP contribution in [0.5, 0.6) is 0 Å². The van der Waals surface area contributed by atoms with Crippen molar-refractivity contribution >= 4 is 42.7 Å². The van der Waals surface area contributed by atoms with Crippen molar-refractivity contribution in [1.29, 1.82) is 0 Å². The third-order valence-corrected chi connectivity index (χ3v) is 9.51. The van der Waals surface area contributed by atoms with Gasteiger partial charge >= 0.3 is 0 Å². The maximum Gasteiger partial charge on any atom is 0.241 e. The number of aromatic nitrogens is 3. The summed E-state index contributed by atoms with van der Waals surface area (Å²) in [6.07, 6.45) is 1.02. The molecule has 0 aliphatic carbocycles. The van der Waals surface area contributed by atoms with E-state index in [4.69, 9.17) is 8.97 Å². The molecule has 12 heteroatoms. The quantitative estimate of drug-likeness (QED) is 0.219. The molecule has 38 heavy (non-hydrogen) atoms. The Bertz CT molecular complexity index is 1650. The van der Waals surface area contributed by atoms with Crippen LogP contribution in [-0.4, -0.2) is 38.1 Å². The van der Waals surface area contributed by atoms with Crippen LogP contribution in [0.4, 0.5) is 0 Å². The smallest absolute Gasteiger partial charge is 0.241 e. The van der Waals surface area contributed by atoms with Crippen molar-refractivity contribution in [3.8, 4) is 11.1 Å². The molecule has 0 saturated heterocycles. The number of aryl methyl sites for hydroxylation is 1. The van der Waals surface area contributed by atoms with Crippen molar-refractivity contribution in [2.45, 2.75) is 24.6 Å². The van der Waals surface area contributed by atoms with E-state index >= 15 is 0 Å². The molecule has 2 N–H and O–H groups in total. The molecule has 0 fully saturated rings. The van der Waals surface area contributed by atoms with Crippen LogP contribution in [0.15, 0.2) is 83.3 Å². The van der Waals surface area contributed by atoms with Crippen LogP contribution in [0.2, 0.25) is 0 Å². The van der Waals surface area contributed by atoms with Crippen molar-refractivity contribution in [2.75, 3.05) is 5.75 Å². The van der Waals surface area contributed by atoms with Gasteiger partial charge in [-0.05, 0) is 41.7 Å². The molecule has 0 bridgehead atoms. The van der Waals surface area contributed by atoms with E-state index in [1.54, 1.807) is 0 Å². The summed E-state index contributed by atoms with van der Waals surface area (Å²) in [4.78, 5) is 4.65. The number of nitrogens with zero attached hydrogens (tertiary/aromatic N) is 3. The molecule has 0 saturated carbocycles. The van der Waals surface area contributed by atoms with Crippen molar-refractivity contribution in [1.82, 2.24) is 19.9 Å². The number of sulfone groups is 1. The SMILES string of the molecule is O=S(O)NCc1nnc(C(c2nc3ccc(-c4ccccc4)cc3s2)S(=O)(=O)CCCc2ccccc2)o1. The Morgan fingerprint density at radius 2 is 1.71 bits per heavy atom. The van der Waals surface area contributed by atoms with Gasteiger partial charge in [0.15, 0.2) is 15.1 Å². The fourth-order valence-corrected chi connectivity index (χ4v) is 7.44. The summed E-state index contributed by atoms with van der Waals surface area (Å²) in [5, 5.41) is 6.94. The monoisotopic (exact) mass is 568 g/mol. The van der Waals surface area contributed by atoms with E-state index in [1.807, 2.05) is 78.9 Å². The molecule has 2 atom stereocenters. The molecule has 0 amide bonds. The van der Waals surface area contributed by atoms with Gasteiger partial charge < -0.3 is 4.42 Å². The van der Waals surface area contributed by atoms with E-state index in [0.29, 0.717) is 23.4 Å². The van der Waals surface area contributed by atoms with Crippen molar-refractivity contribution in [3.63, 3.8) is 0 Å². The summed E-state index contributed by atoms with van der Waals surface area (Å²) in [5.74, 6) is -0.221. The Hall–Kier alpha value is -3.29. The van der Waals surface area contributed by atoms with E-state index in [1.165, 1.54) is 11.3 Å². The first-order valence-electron chi connectivity index (χ1n) is 11.8. The van der Waals surface area contributed by atoms with Crippen LogP contribution in [0.3, 0.4) is 0 Å². The second kappa shape index (κ2) is 11.6. The van der Waals surface area contributed by atoms with Crippen molar-refractivity contribution in [2.24, 2.45) is 0 Å². The fourth-order valence-electron chi connectivity index (χ4n) is 4.09. The van der Waals surface area contributed by atoms with Crippen LogP contribution in [-0.2, 0) is 34.1 Å². The second-order valence-electron chi connectivity index (χ2n) is 8.54. The Morgan fingerprint density at radius 1 is 0.974 bits per heavy atom. The highest BCUT2D eigenvalue weighted by atomic mass is 32.2. The minimum Gasteiger partial charge on any atom is -0.422 e. The second-order valence-corrected chi connectivity index (χ2v) is 12.6. The van der Waals surface area contributed by atoms with Gasteiger partial charge in [-0.25, -0.2) is 22.3 Å². The van der Waals surface area contributed by atoms with Crippen molar-refractivity contribution in [3.05, 3.63) is 101 Å². The molecule has 5 rings (SSSR count). The molecule has 196 valence electrons. The van der Waals surface area contributed by atoms with Gasteiger partial charge in [-0.1, -0.05) is 66.7 Å². The average molecular weight is 569 g/mol. The van der Waals surface area contributed by atoms with E-state index < -0.39 is 26.4 Å². The number of benzene rings is 3. The summed E-state index contributed by atoms with van der Waals surface area (Å²) >= 11 is -1.01. The molecule has 2 heterocycles. The van der Waals surface area contributed by atoms with Crippen LogP contribution >= 0.6 is 11.3 Å². The van der Waals surface area contributed by atoms with Crippen molar-refractivity contribution < 1.29 is 21.6 Å². The Kier molecular flexibility index (Phi) is 8.05. The molecular weight excluding hydrogens is 545 g/mol. The lowest BCUT2D eigenvalue weighted by Crippen LogP contribution is -2.19. The van der Waals surface area contributed by atoms with Gasteiger partial charge in [-0.2, -0.15) is 0 Å². The predicted molar refractivity (Wildman–Crippen MR) is 147 cm³/mol. The number of fused-ring (bicyclic) bond motifs is 1. The van der Waals surface area contributed by atoms with Crippen LogP contribution < -0.4 is 4.72 Å². The lowest BCUT2D eigenvalue weighted by molar-refractivity contribution is 0.442. The zero-order chi connectivity index (χ0) is 26.5. The Balaban J connectivity index is 1.48. The number of hydrogen-bond acceptors (Lipinski definition) is 8. The molecule has 2 unspecified atom stereocenters. The van der Waals surface area contributed by atoms with E-state index in [2.05, 4.69) is 19.9 Å². The Labute approximate surface area is 226 Å². The number of nitrogens with one attached hydrogen (secondary N) is 1. The standard InChI is InChI=1S/C26H24N4O5S3/c31-37(32)27-17-23-29-30-25(35-23)24(38(33,34)15-7-10-18-8-3-1-4-9-18)26-28-21-14-13-20(16-22(21)36-26)19-11-5-2-6-12-19/h1-6,8-9,11-14,16,24,27H,7,10,15,17H2,(H,31,32). The third-order valence-electron chi connectivity index (χ3n) is 5.89. The van der Waals surface area contributed by atoms with Crippen LogP contribution in [0.25, 0.3) is 21.3 Å². The topological polar surface area (TPSA) is 135 Å². The first kappa shape index (κ1) is 26.3. The highest BCUT2D eigenvalue weighted by molar-refractivity contribution is 7.92. The van der Waals surface area contributed by atoms with Gasteiger partial charge in [0.05, 0.1) is 22.5 Å². The fraction of sp³-hybridized carbons (Fsp3) is 0.192. The zero-order valence-corrected chi connectivity index (χ0v) is 22.5. The molecule has 0 spiro atoms. The first-order valence-corrected chi connectivity index (χ1v) is 15.4. The van der Waals surface area contributed by atoms with Gasteiger partial charge in [-0.15, -0.1) is 21.5 Å². The molecule has 3 aromatic carbocycles. The Morgan fingerprint density at radius 3 is 2.45 bits per heavy atom. The molecule has 5 aromatic rings. The van der Waals surface area contributed by atoms with E-state index in [0.717, 1.165) is 21.4 Å². The zero-order valence-electron chi connectivity index (χ0n) is 20.1. The van der Waals surface area contributed by atoms with Crippen LogP contribution in [0, 0.1) is 0 Å². The average Bonchev–Trinajstić information content (AvgIpc) is 3.55. The predicted octanol–water partition coefficient (Wildman–Crippen LogP) is 4.71. The highest BCUT2D eigenvalue weighted by Crippen LogP contribution is 2.37. The van der Waals surface area contributed by atoms with E-state index in [-0.39, 0.29) is 24.1 Å². The van der Waals surface area contributed by atoms with Crippen LogP contribution in [0.1, 0.15) is 34.0 Å². The van der Waals surface area contributed by atoms with Gasteiger partial charge in [0.2, 0.25) is 23.0 Å². The first-order chi connectivity index (χ1) is 18.4. The third kappa shape index (κ3) is 6.22. The summed E-state index contributed by atoms with van der Waals surface area (Å²) in [5.41, 5.74) is 3.77. The summed E-state index contributed by atoms with van der Waals surface area (Å²) in [6, 6.07) is 25.4. The number of thiazole rings is 1. The van der Waals surface area contributed by atoms with Gasteiger partial charge in [0, 0.05) is 0 Å². The van der Waals surface area contributed by atoms with Gasteiger partial charge in [-0.3, -0.25) is 4.55 Å². The lowest BCUT2D eigenvalue weighted by atomic mass is 10.1. The number of hydrogen-bond donors (Lipinski definition) is 2. The van der Waals surface area contributed by atoms with Gasteiger partial charge in [0.25, 0.3) is 0 Å². The molecular formula is C26H24N4O5S3. The lowest BCUT2D eigenvalue weighted by Gasteiger charge is -2.12. The summed E-state index contributed by atoms with van der Waals surface area (Å²) in [7, 11) is -3.80. The molecule has 2 aromatic heterocycles. The maximum atomic E-state index is 13.7. The molecule has 0 aliphatic heterocycles. The summed E-state index contributed by atoms with van der Waals surface area (Å²) in [6.45, 7) is -0.183.